The lowest BCUT2D eigenvalue weighted by Crippen LogP contribution is -2.41. The molecule has 0 spiro atoms. The first-order chi connectivity index (χ1) is 8.74. The average molecular weight is 250 g/mol. The van der Waals surface area contributed by atoms with Gasteiger partial charge < -0.3 is 20.5 Å². The first-order valence-electron chi connectivity index (χ1n) is 6.09. The highest BCUT2D eigenvalue weighted by Gasteiger charge is 2.16. The summed E-state index contributed by atoms with van der Waals surface area (Å²) in [7, 11) is 0. The molecule has 98 valence electrons. The Balaban J connectivity index is 1.72. The Morgan fingerprint density at radius 2 is 2.00 bits per heavy atom. The van der Waals surface area contributed by atoms with Crippen molar-refractivity contribution < 1.29 is 14.3 Å². The van der Waals surface area contributed by atoms with Crippen LogP contribution in [0.1, 0.15) is 12.8 Å². The fourth-order valence-corrected chi connectivity index (χ4v) is 1.82. The Morgan fingerprint density at radius 3 is 2.67 bits per heavy atom. The highest BCUT2D eigenvalue weighted by molar-refractivity contribution is 5.77. The predicted octanol–water partition coefficient (Wildman–Crippen LogP) is 0.943. The largest absolute Gasteiger partial charge is 0.484 e. The van der Waals surface area contributed by atoms with Crippen LogP contribution in [0.5, 0.6) is 5.75 Å². The molecule has 2 rings (SSSR count). The van der Waals surface area contributed by atoms with Gasteiger partial charge in [-0.1, -0.05) is 0 Å². The Labute approximate surface area is 106 Å². The van der Waals surface area contributed by atoms with E-state index in [2.05, 4.69) is 5.32 Å². The highest BCUT2D eigenvalue weighted by atomic mass is 16.5. The zero-order valence-electron chi connectivity index (χ0n) is 10.2. The number of carbonyl (C=O) groups excluding carboxylic acids is 1. The van der Waals surface area contributed by atoms with Crippen LogP contribution in [-0.4, -0.2) is 31.8 Å². The van der Waals surface area contributed by atoms with Gasteiger partial charge in [0, 0.05) is 24.9 Å². The first-order valence-corrected chi connectivity index (χ1v) is 6.09. The van der Waals surface area contributed by atoms with Crippen LogP contribution in [0, 0.1) is 0 Å². The van der Waals surface area contributed by atoms with Crippen LogP contribution in [0.3, 0.4) is 0 Å². The lowest BCUT2D eigenvalue weighted by Gasteiger charge is -2.23. The van der Waals surface area contributed by atoms with E-state index in [4.69, 9.17) is 15.2 Å². The van der Waals surface area contributed by atoms with Gasteiger partial charge in [-0.2, -0.15) is 0 Å². The molecule has 1 fully saturated rings. The number of anilines is 1. The van der Waals surface area contributed by atoms with Gasteiger partial charge in [-0.3, -0.25) is 4.79 Å². The highest BCUT2D eigenvalue weighted by Crippen LogP contribution is 2.13. The van der Waals surface area contributed by atoms with Crippen LogP contribution >= 0.6 is 0 Å². The third-order valence-corrected chi connectivity index (χ3v) is 2.84. The zero-order valence-corrected chi connectivity index (χ0v) is 10.2. The van der Waals surface area contributed by atoms with Crippen LogP contribution in [0.15, 0.2) is 24.3 Å². The molecule has 1 aromatic rings. The molecule has 0 radical (unpaired) electrons. The van der Waals surface area contributed by atoms with Crippen molar-refractivity contribution >= 4 is 11.6 Å². The number of hydrogen-bond donors (Lipinski definition) is 2. The number of nitrogens with one attached hydrogen (secondary N) is 1. The summed E-state index contributed by atoms with van der Waals surface area (Å²) >= 11 is 0. The molecule has 1 aliphatic rings. The van der Waals surface area contributed by atoms with Gasteiger partial charge in [-0.25, -0.2) is 0 Å². The van der Waals surface area contributed by atoms with Crippen molar-refractivity contribution in [1.82, 2.24) is 5.32 Å². The van der Waals surface area contributed by atoms with Gasteiger partial charge in [-0.05, 0) is 37.1 Å². The van der Waals surface area contributed by atoms with Crippen molar-refractivity contribution in [2.45, 2.75) is 18.9 Å². The lowest BCUT2D eigenvalue weighted by atomic mass is 10.1. The van der Waals surface area contributed by atoms with E-state index in [1.165, 1.54) is 0 Å². The minimum absolute atomic E-state index is 0.0290. The molecule has 1 amide bonds. The Bertz CT molecular complexity index is 386. The molecular formula is C13H18N2O3. The Hall–Kier alpha value is -1.75. The molecule has 18 heavy (non-hydrogen) atoms. The van der Waals surface area contributed by atoms with E-state index < -0.39 is 0 Å². The third-order valence-electron chi connectivity index (χ3n) is 2.84. The smallest absolute Gasteiger partial charge is 0.258 e. The fourth-order valence-electron chi connectivity index (χ4n) is 1.82. The molecule has 0 aliphatic carbocycles. The maximum atomic E-state index is 11.6. The van der Waals surface area contributed by atoms with Gasteiger partial charge in [0.25, 0.3) is 5.91 Å². The van der Waals surface area contributed by atoms with Crippen molar-refractivity contribution in [2.75, 3.05) is 25.6 Å². The molecule has 0 unspecified atom stereocenters. The first kappa shape index (κ1) is 12.7. The number of hydrogen-bond acceptors (Lipinski definition) is 4. The maximum absolute atomic E-state index is 11.6. The van der Waals surface area contributed by atoms with E-state index in [0.717, 1.165) is 12.8 Å². The van der Waals surface area contributed by atoms with Crippen LogP contribution in [0.25, 0.3) is 0 Å². The fraction of sp³-hybridized carbons (Fsp3) is 0.462. The molecule has 0 atom stereocenters. The predicted molar refractivity (Wildman–Crippen MR) is 68.3 cm³/mol. The number of carbonyl (C=O) groups is 1. The van der Waals surface area contributed by atoms with E-state index >= 15 is 0 Å². The molecule has 1 aliphatic heterocycles. The SMILES string of the molecule is Nc1ccc(OCC(=O)NC2CCOCC2)cc1. The summed E-state index contributed by atoms with van der Waals surface area (Å²) in [5.41, 5.74) is 6.23. The van der Waals surface area contributed by atoms with Gasteiger partial charge in [0.2, 0.25) is 0 Å². The molecule has 3 N–H and O–H groups in total. The second-order valence-corrected chi connectivity index (χ2v) is 4.31. The summed E-state index contributed by atoms with van der Waals surface area (Å²) in [6.45, 7) is 1.45. The summed E-state index contributed by atoms with van der Waals surface area (Å²) in [4.78, 5) is 11.6. The Morgan fingerprint density at radius 1 is 1.33 bits per heavy atom. The van der Waals surface area contributed by atoms with Gasteiger partial charge in [0.15, 0.2) is 6.61 Å². The molecule has 1 aromatic carbocycles. The monoisotopic (exact) mass is 250 g/mol. The standard InChI is InChI=1S/C13H18N2O3/c14-10-1-3-12(4-2-10)18-9-13(16)15-11-5-7-17-8-6-11/h1-4,11H,5-9,14H2,(H,15,16). The summed E-state index contributed by atoms with van der Waals surface area (Å²) < 4.78 is 10.6. The van der Waals surface area contributed by atoms with Crippen LogP contribution in [-0.2, 0) is 9.53 Å². The van der Waals surface area contributed by atoms with Crippen molar-refractivity contribution in [3.63, 3.8) is 0 Å². The topological polar surface area (TPSA) is 73.6 Å². The van der Waals surface area contributed by atoms with E-state index in [0.29, 0.717) is 24.7 Å². The second-order valence-electron chi connectivity index (χ2n) is 4.31. The molecule has 0 saturated carbocycles. The van der Waals surface area contributed by atoms with E-state index in [1.54, 1.807) is 24.3 Å². The van der Waals surface area contributed by atoms with Crippen LogP contribution in [0.2, 0.25) is 0 Å². The quantitative estimate of drug-likeness (QED) is 0.780. The number of benzene rings is 1. The molecular weight excluding hydrogens is 232 g/mol. The maximum Gasteiger partial charge on any atom is 0.258 e. The van der Waals surface area contributed by atoms with E-state index in [-0.39, 0.29) is 18.6 Å². The van der Waals surface area contributed by atoms with Crippen molar-refractivity contribution in [2.24, 2.45) is 0 Å². The number of rotatable bonds is 4. The molecule has 0 bridgehead atoms. The molecule has 0 aromatic heterocycles. The summed E-state index contributed by atoms with van der Waals surface area (Å²) in [5, 5.41) is 2.93. The zero-order chi connectivity index (χ0) is 12.8. The van der Waals surface area contributed by atoms with Crippen LogP contribution in [0.4, 0.5) is 5.69 Å². The minimum atomic E-state index is -0.0984. The number of nitrogens with two attached hydrogens (primary N) is 1. The number of amides is 1. The molecule has 1 heterocycles. The summed E-state index contributed by atoms with van der Waals surface area (Å²) in [6.07, 6.45) is 1.74. The van der Waals surface area contributed by atoms with Crippen LogP contribution < -0.4 is 15.8 Å². The van der Waals surface area contributed by atoms with Gasteiger partial charge >= 0.3 is 0 Å². The normalized spacial score (nSPS) is 16.2. The van der Waals surface area contributed by atoms with Crippen molar-refractivity contribution in [1.29, 1.82) is 0 Å². The molecule has 5 heteroatoms. The summed E-state index contributed by atoms with van der Waals surface area (Å²) in [5.74, 6) is 0.546. The number of ether oxygens (including phenoxy) is 2. The lowest BCUT2D eigenvalue weighted by molar-refractivity contribution is -0.124. The molecule has 1 saturated heterocycles. The van der Waals surface area contributed by atoms with Gasteiger partial charge in [-0.15, -0.1) is 0 Å². The number of nitrogen functional groups attached to an aromatic ring is 1. The Kier molecular flexibility index (Phi) is 4.41. The van der Waals surface area contributed by atoms with Crippen molar-refractivity contribution in [3.8, 4) is 5.75 Å². The third kappa shape index (κ3) is 3.92. The van der Waals surface area contributed by atoms with Gasteiger partial charge in [0.1, 0.15) is 5.75 Å². The minimum Gasteiger partial charge on any atom is -0.484 e. The van der Waals surface area contributed by atoms with Crippen molar-refractivity contribution in [3.05, 3.63) is 24.3 Å². The van der Waals surface area contributed by atoms with E-state index in [1.807, 2.05) is 0 Å². The van der Waals surface area contributed by atoms with Gasteiger partial charge in [0.05, 0.1) is 0 Å². The second kappa shape index (κ2) is 6.26. The molecule has 5 nitrogen and oxygen atoms in total. The average Bonchev–Trinajstić information content (AvgIpc) is 2.39. The van der Waals surface area contributed by atoms with E-state index in [9.17, 15) is 4.79 Å². The summed E-state index contributed by atoms with van der Waals surface area (Å²) in [6, 6.07) is 7.19.